The number of carboxylic acids is 1. The van der Waals surface area contributed by atoms with E-state index in [-0.39, 0.29) is 23.5 Å². The lowest BCUT2D eigenvalue weighted by molar-refractivity contribution is -0.134. The lowest BCUT2D eigenvalue weighted by Gasteiger charge is -2.45. The number of aliphatic carboxylic acids is 1. The van der Waals surface area contributed by atoms with Crippen molar-refractivity contribution in [1.82, 2.24) is 0 Å². The second-order valence-electron chi connectivity index (χ2n) is 8.02. The van der Waals surface area contributed by atoms with Gasteiger partial charge in [0, 0.05) is 6.61 Å². The SMILES string of the molecule is CC(C)=CCC[C@@H](C)[C@H]1CC[C@H](CO)[C@@]12CC=C(C(=O)O)[C@@H](O)C2. The van der Waals surface area contributed by atoms with E-state index in [2.05, 4.69) is 26.8 Å². The van der Waals surface area contributed by atoms with Crippen molar-refractivity contribution in [1.29, 1.82) is 0 Å². The molecule has 136 valence electrons. The Morgan fingerprint density at radius 2 is 2.12 bits per heavy atom. The molecular formula is C20H32O4. The van der Waals surface area contributed by atoms with Gasteiger partial charge in [0.2, 0.25) is 0 Å². The van der Waals surface area contributed by atoms with Gasteiger partial charge in [0.05, 0.1) is 11.7 Å². The zero-order valence-electron chi connectivity index (χ0n) is 15.2. The number of aliphatic hydroxyl groups excluding tert-OH is 2. The third-order valence-electron chi connectivity index (χ3n) is 6.34. The predicted molar refractivity (Wildman–Crippen MR) is 94.5 cm³/mol. The fourth-order valence-corrected chi connectivity index (χ4v) is 5.07. The van der Waals surface area contributed by atoms with Crippen molar-refractivity contribution in [3.05, 3.63) is 23.3 Å². The van der Waals surface area contributed by atoms with E-state index in [0.717, 1.165) is 25.7 Å². The van der Waals surface area contributed by atoms with Crippen LogP contribution in [-0.4, -0.2) is 34.0 Å². The Labute approximate surface area is 145 Å². The van der Waals surface area contributed by atoms with Crippen molar-refractivity contribution in [2.45, 2.75) is 65.4 Å². The average molecular weight is 336 g/mol. The zero-order chi connectivity index (χ0) is 17.9. The number of hydrogen-bond acceptors (Lipinski definition) is 3. The molecule has 0 aliphatic heterocycles. The van der Waals surface area contributed by atoms with Gasteiger partial charge in [-0.1, -0.05) is 24.6 Å². The molecule has 0 aromatic heterocycles. The monoisotopic (exact) mass is 336 g/mol. The first kappa shape index (κ1) is 19.2. The van der Waals surface area contributed by atoms with Gasteiger partial charge in [0.15, 0.2) is 0 Å². The first-order valence-corrected chi connectivity index (χ1v) is 9.17. The minimum absolute atomic E-state index is 0.125. The second-order valence-corrected chi connectivity index (χ2v) is 8.02. The molecule has 4 heteroatoms. The summed E-state index contributed by atoms with van der Waals surface area (Å²) >= 11 is 0. The zero-order valence-corrected chi connectivity index (χ0v) is 15.2. The van der Waals surface area contributed by atoms with E-state index < -0.39 is 12.1 Å². The topological polar surface area (TPSA) is 77.8 Å². The fourth-order valence-electron chi connectivity index (χ4n) is 5.07. The van der Waals surface area contributed by atoms with Crippen LogP contribution in [0.2, 0.25) is 0 Å². The molecule has 0 radical (unpaired) electrons. The van der Waals surface area contributed by atoms with Gasteiger partial charge in [-0.05, 0) is 75.5 Å². The second kappa shape index (κ2) is 7.83. The van der Waals surface area contributed by atoms with Gasteiger partial charge in [-0.2, -0.15) is 0 Å². The van der Waals surface area contributed by atoms with E-state index in [1.54, 1.807) is 6.08 Å². The average Bonchev–Trinajstić information content (AvgIpc) is 2.84. The van der Waals surface area contributed by atoms with Crippen LogP contribution in [-0.2, 0) is 4.79 Å². The predicted octanol–water partition coefficient (Wildman–Crippen LogP) is 3.54. The Balaban J connectivity index is 2.20. The van der Waals surface area contributed by atoms with E-state index in [1.165, 1.54) is 5.57 Å². The Morgan fingerprint density at radius 3 is 2.67 bits per heavy atom. The molecule has 2 aliphatic carbocycles. The molecule has 5 atom stereocenters. The third kappa shape index (κ3) is 3.75. The summed E-state index contributed by atoms with van der Waals surface area (Å²) in [4.78, 5) is 11.3. The third-order valence-corrected chi connectivity index (χ3v) is 6.34. The van der Waals surface area contributed by atoms with Crippen LogP contribution in [0, 0.1) is 23.2 Å². The normalized spacial score (nSPS) is 34.0. The highest BCUT2D eigenvalue weighted by atomic mass is 16.4. The van der Waals surface area contributed by atoms with E-state index >= 15 is 0 Å². The number of carbonyl (C=O) groups is 1. The molecule has 1 saturated carbocycles. The van der Waals surface area contributed by atoms with Crippen LogP contribution in [0.25, 0.3) is 0 Å². The van der Waals surface area contributed by atoms with Crippen LogP contribution in [0.1, 0.15) is 59.3 Å². The van der Waals surface area contributed by atoms with Gasteiger partial charge in [-0.15, -0.1) is 0 Å². The van der Waals surface area contributed by atoms with Crippen LogP contribution < -0.4 is 0 Å². The van der Waals surface area contributed by atoms with Crippen LogP contribution in [0.3, 0.4) is 0 Å². The van der Waals surface area contributed by atoms with Gasteiger partial charge < -0.3 is 15.3 Å². The molecule has 3 N–H and O–H groups in total. The molecule has 0 unspecified atom stereocenters. The van der Waals surface area contributed by atoms with E-state index in [1.807, 2.05) is 0 Å². The minimum atomic E-state index is -1.02. The van der Waals surface area contributed by atoms with Crippen molar-refractivity contribution in [2.75, 3.05) is 6.61 Å². The van der Waals surface area contributed by atoms with E-state index in [9.17, 15) is 20.1 Å². The first-order valence-electron chi connectivity index (χ1n) is 9.17. The van der Waals surface area contributed by atoms with Crippen molar-refractivity contribution >= 4 is 5.97 Å². The summed E-state index contributed by atoms with van der Waals surface area (Å²) in [5.74, 6) is 0.0734. The van der Waals surface area contributed by atoms with Crippen LogP contribution >= 0.6 is 0 Å². The molecule has 0 aromatic carbocycles. The van der Waals surface area contributed by atoms with E-state index in [4.69, 9.17) is 0 Å². The fraction of sp³-hybridized carbons (Fsp3) is 0.750. The Hall–Kier alpha value is -1.13. The molecule has 0 bridgehead atoms. The summed E-state index contributed by atoms with van der Waals surface area (Å²) < 4.78 is 0. The number of allylic oxidation sites excluding steroid dienone is 3. The molecule has 2 aliphatic rings. The van der Waals surface area contributed by atoms with Crippen molar-refractivity contribution in [3.63, 3.8) is 0 Å². The maximum Gasteiger partial charge on any atom is 0.333 e. The van der Waals surface area contributed by atoms with Crippen LogP contribution in [0.15, 0.2) is 23.3 Å². The molecule has 4 nitrogen and oxygen atoms in total. The summed E-state index contributed by atoms with van der Waals surface area (Å²) in [6, 6.07) is 0. The molecule has 0 heterocycles. The van der Waals surface area contributed by atoms with Gasteiger partial charge in [-0.3, -0.25) is 0 Å². The lowest BCUT2D eigenvalue weighted by atomic mass is 9.60. The summed E-state index contributed by atoms with van der Waals surface area (Å²) in [7, 11) is 0. The lowest BCUT2D eigenvalue weighted by Crippen LogP contribution is -2.43. The smallest absolute Gasteiger partial charge is 0.333 e. The van der Waals surface area contributed by atoms with Gasteiger partial charge >= 0.3 is 5.97 Å². The minimum Gasteiger partial charge on any atom is -0.478 e. The van der Waals surface area contributed by atoms with Crippen molar-refractivity contribution in [2.24, 2.45) is 23.2 Å². The van der Waals surface area contributed by atoms with Gasteiger partial charge in [-0.25, -0.2) is 4.79 Å². The summed E-state index contributed by atoms with van der Waals surface area (Å²) in [5.41, 5.74) is 1.30. The molecule has 0 saturated heterocycles. The largest absolute Gasteiger partial charge is 0.478 e. The van der Waals surface area contributed by atoms with Crippen molar-refractivity contribution < 1.29 is 20.1 Å². The maximum absolute atomic E-state index is 11.3. The summed E-state index contributed by atoms with van der Waals surface area (Å²) in [6.07, 6.45) is 8.36. The molecule has 0 aromatic rings. The number of carboxylic acid groups (broad SMARTS) is 1. The first-order chi connectivity index (χ1) is 11.3. The summed E-state index contributed by atoms with van der Waals surface area (Å²) in [6.45, 7) is 6.62. The molecule has 1 fully saturated rings. The number of aliphatic hydroxyl groups is 2. The molecule has 24 heavy (non-hydrogen) atoms. The Bertz CT molecular complexity index is 518. The Kier molecular flexibility index (Phi) is 6.27. The number of rotatable bonds is 6. The number of hydrogen-bond donors (Lipinski definition) is 3. The highest BCUT2D eigenvalue weighted by Crippen LogP contribution is 2.58. The highest BCUT2D eigenvalue weighted by Gasteiger charge is 2.53. The Morgan fingerprint density at radius 1 is 1.42 bits per heavy atom. The van der Waals surface area contributed by atoms with Crippen molar-refractivity contribution in [3.8, 4) is 0 Å². The molecular weight excluding hydrogens is 304 g/mol. The maximum atomic E-state index is 11.3. The van der Waals surface area contributed by atoms with Crippen LogP contribution in [0.4, 0.5) is 0 Å². The summed E-state index contributed by atoms with van der Waals surface area (Å²) in [5, 5.41) is 29.5. The van der Waals surface area contributed by atoms with Crippen LogP contribution in [0.5, 0.6) is 0 Å². The standard InChI is InChI=1S/C20H32O4/c1-13(2)5-4-6-14(3)17-8-7-15(12-21)20(17)10-9-16(19(23)24)18(22)11-20/h5,9,14-15,17-18,21-22H,4,6-8,10-12H2,1-3H3,(H,23,24)/t14-,15-,17-,18+,20+/m1/s1. The van der Waals surface area contributed by atoms with E-state index in [0.29, 0.717) is 24.7 Å². The van der Waals surface area contributed by atoms with Gasteiger partial charge in [0.1, 0.15) is 0 Å². The highest BCUT2D eigenvalue weighted by molar-refractivity contribution is 5.87. The molecule has 0 amide bonds. The molecule has 2 rings (SSSR count). The molecule has 1 spiro atoms. The quantitative estimate of drug-likeness (QED) is 0.648. The van der Waals surface area contributed by atoms with Gasteiger partial charge in [0.25, 0.3) is 0 Å².